The van der Waals surface area contributed by atoms with E-state index in [1.165, 1.54) is 16.4 Å². The Morgan fingerprint density at radius 3 is 2.45 bits per heavy atom. The Morgan fingerprint density at radius 2 is 1.76 bits per heavy atom. The van der Waals surface area contributed by atoms with Crippen molar-refractivity contribution in [3.63, 3.8) is 0 Å². The highest BCUT2D eigenvalue weighted by Crippen LogP contribution is 2.27. The number of aromatic nitrogens is 2. The zero-order valence-electron chi connectivity index (χ0n) is 18.3. The third-order valence-corrected chi connectivity index (χ3v) is 8.23. The van der Waals surface area contributed by atoms with Gasteiger partial charge in [-0.25, -0.2) is 13.4 Å². The maximum absolute atomic E-state index is 13.2. The Labute approximate surface area is 199 Å². The number of benzene rings is 2. The van der Waals surface area contributed by atoms with E-state index in [9.17, 15) is 13.2 Å². The summed E-state index contributed by atoms with van der Waals surface area (Å²) in [5, 5.41) is 3.03. The number of halogens is 1. The lowest BCUT2D eigenvalue weighted by Crippen LogP contribution is -2.32. The molecule has 2 heterocycles. The van der Waals surface area contributed by atoms with Crippen LogP contribution in [0.5, 0.6) is 0 Å². The number of amides is 1. The fraction of sp³-hybridized carbons (Fsp3) is 0.333. The lowest BCUT2D eigenvalue weighted by molar-refractivity contribution is 0.0950. The van der Waals surface area contributed by atoms with Gasteiger partial charge in [-0.2, -0.15) is 4.31 Å². The van der Waals surface area contributed by atoms with Crippen molar-refractivity contribution in [2.24, 2.45) is 0 Å². The largest absolute Gasteiger partial charge is 0.348 e. The van der Waals surface area contributed by atoms with Crippen molar-refractivity contribution in [3.8, 4) is 0 Å². The molecule has 33 heavy (non-hydrogen) atoms. The number of hydrogen-bond donors (Lipinski definition) is 1. The molecule has 3 aromatic rings. The van der Waals surface area contributed by atoms with Crippen LogP contribution in [0.15, 0.2) is 66.1 Å². The summed E-state index contributed by atoms with van der Waals surface area (Å²) in [4.78, 5) is 16.9. The van der Waals surface area contributed by atoms with E-state index in [2.05, 4.69) is 10.3 Å². The molecule has 9 heteroatoms. The fourth-order valence-corrected chi connectivity index (χ4v) is 6.02. The Balaban J connectivity index is 1.50. The minimum atomic E-state index is -3.76. The molecule has 1 aliphatic rings. The quantitative estimate of drug-likeness (QED) is 0.545. The van der Waals surface area contributed by atoms with E-state index in [1.807, 2.05) is 35.0 Å². The number of imidazole rings is 1. The second kappa shape index (κ2) is 10.5. The molecule has 1 saturated heterocycles. The van der Waals surface area contributed by atoms with Crippen molar-refractivity contribution >= 4 is 27.5 Å². The van der Waals surface area contributed by atoms with Crippen LogP contribution in [0.3, 0.4) is 0 Å². The minimum Gasteiger partial charge on any atom is -0.348 e. The summed E-state index contributed by atoms with van der Waals surface area (Å²) in [6.45, 7) is 1.91. The molecule has 1 N–H and O–H groups in total. The monoisotopic (exact) mass is 486 g/mol. The van der Waals surface area contributed by atoms with Gasteiger partial charge in [-0.15, -0.1) is 0 Å². The second-order valence-corrected chi connectivity index (χ2v) is 10.5. The second-order valence-electron chi connectivity index (χ2n) is 8.15. The molecular formula is C24H27ClN4O3S. The molecule has 1 amide bonds. The first kappa shape index (κ1) is 23.5. The normalized spacial score (nSPS) is 15.2. The summed E-state index contributed by atoms with van der Waals surface area (Å²) in [5.74, 6) is -0.351. The van der Waals surface area contributed by atoms with Crippen LogP contribution in [0.4, 0.5) is 0 Å². The van der Waals surface area contributed by atoms with Crippen LogP contribution in [0.2, 0.25) is 5.02 Å². The molecule has 0 spiro atoms. The van der Waals surface area contributed by atoms with Gasteiger partial charge in [0.1, 0.15) is 4.90 Å². The molecule has 0 aliphatic carbocycles. The predicted octanol–water partition coefficient (Wildman–Crippen LogP) is 4.08. The first-order valence-electron chi connectivity index (χ1n) is 11.1. The van der Waals surface area contributed by atoms with E-state index in [0.717, 1.165) is 36.8 Å². The highest BCUT2D eigenvalue weighted by atomic mass is 35.5. The summed E-state index contributed by atoms with van der Waals surface area (Å²) in [6.07, 6.45) is 9.05. The minimum absolute atomic E-state index is 0.0146. The number of sulfonamides is 1. The number of nitrogens with zero attached hydrogens (tertiary/aromatic N) is 3. The van der Waals surface area contributed by atoms with E-state index in [1.54, 1.807) is 18.6 Å². The van der Waals surface area contributed by atoms with E-state index in [0.29, 0.717) is 26.2 Å². The van der Waals surface area contributed by atoms with Gasteiger partial charge in [-0.1, -0.05) is 48.7 Å². The van der Waals surface area contributed by atoms with Gasteiger partial charge in [0.2, 0.25) is 10.0 Å². The molecule has 0 bridgehead atoms. The summed E-state index contributed by atoms with van der Waals surface area (Å²) < 4.78 is 29.9. The van der Waals surface area contributed by atoms with Crippen LogP contribution in [0.25, 0.3) is 0 Å². The smallest absolute Gasteiger partial charge is 0.251 e. The third kappa shape index (κ3) is 5.63. The molecule has 4 rings (SSSR count). The van der Waals surface area contributed by atoms with E-state index in [4.69, 9.17) is 11.6 Å². The number of carbonyl (C=O) groups excluding carboxylic acids is 1. The molecule has 7 nitrogen and oxygen atoms in total. The summed E-state index contributed by atoms with van der Waals surface area (Å²) in [5.41, 5.74) is 2.31. The summed E-state index contributed by atoms with van der Waals surface area (Å²) in [6, 6.07) is 12.3. The zero-order valence-corrected chi connectivity index (χ0v) is 19.9. The third-order valence-electron chi connectivity index (χ3n) is 5.85. The Bertz CT molecular complexity index is 1200. The molecular weight excluding hydrogens is 460 g/mol. The average molecular weight is 487 g/mol. The SMILES string of the molecule is O=C(NCc1ccccc1Cn1ccnc1)c1ccc(Cl)c(S(=O)(=O)N2CCCCCC2)c1. The van der Waals surface area contributed by atoms with Crippen molar-refractivity contribution in [2.45, 2.75) is 43.7 Å². The summed E-state index contributed by atoms with van der Waals surface area (Å²) in [7, 11) is -3.76. The van der Waals surface area contributed by atoms with Crippen molar-refractivity contribution < 1.29 is 13.2 Å². The number of hydrogen-bond acceptors (Lipinski definition) is 4. The van der Waals surface area contributed by atoms with Gasteiger partial charge in [0.25, 0.3) is 5.91 Å². The molecule has 1 aliphatic heterocycles. The van der Waals surface area contributed by atoms with Crippen LogP contribution in [0, 0.1) is 0 Å². The molecule has 2 aromatic carbocycles. The maximum atomic E-state index is 13.2. The number of nitrogens with one attached hydrogen (secondary N) is 1. The maximum Gasteiger partial charge on any atom is 0.251 e. The molecule has 0 radical (unpaired) electrons. The molecule has 0 unspecified atom stereocenters. The molecule has 1 fully saturated rings. The van der Waals surface area contributed by atoms with Crippen molar-refractivity contribution in [1.29, 1.82) is 0 Å². The van der Waals surface area contributed by atoms with Crippen molar-refractivity contribution in [2.75, 3.05) is 13.1 Å². The van der Waals surface area contributed by atoms with Crippen LogP contribution in [-0.4, -0.2) is 41.3 Å². The number of rotatable bonds is 7. The van der Waals surface area contributed by atoms with Gasteiger partial charge in [0, 0.05) is 44.1 Å². The number of carbonyl (C=O) groups is 1. The standard InChI is InChI=1S/C24H27ClN4O3S/c25-22-10-9-19(15-23(22)33(31,32)29-12-5-1-2-6-13-29)24(30)27-16-20-7-3-4-8-21(20)17-28-14-11-26-18-28/h3-4,7-11,14-15,18H,1-2,5-6,12-13,16-17H2,(H,27,30). The topological polar surface area (TPSA) is 84.3 Å². The average Bonchev–Trinajstić information content (AvgIpc) is 3.16. The van der Waals surface area contributed by atoms with E-state index in [-0.39, 0.29) is 21.4 Å². The van der Waals surface area contributed by atoms with Crippen LogP contribution >= 0.6 is 11.6 Å². The summed E-state index contributed by atoms with van der Waals surface area (Å²) >= 11 is 6.26. The highest BCUT2D eigenvalue weighted by Gasteiger charge is 2.28. The van der Waals surface area contributed by atoms with Crippen molar-refractivity contribution in [1.82, 2.24) is 19.2 Å². The Morgan fingerprint density at radius 1 is 1.03 bits per heavy atom. The molecule has 1 aromatic heterocycles. The molecule has 174 valence electrons. The van der Waals surface area contributed by atoms with E-state index < -0.39 is 10.0 Å². The lowest BCUT2D eigenvalue weighted by Gasteiger charge is -2.21. The first-order chi connectivity index (χ1) is 15.9. The Hall–Kier alpha value is -2.68. The van der Waals surface area contributed by atoms with Gasteiger partial charge in [-0.05, 0) is 42.2 Å². The van der Waals surface area contributed by atoms with Gasteiger partial charge in [0.15, 0.2) is 0 Å². The van der Waals surface area contributed by atoms with Crippen molar-refractivity contribution in [3.05, 3.63) is 82.9 Å². The highest BCUT2D eigenvalue weighted by molar-refractivity contribution is 7.89. The fourth-order valence-electron chi connectivity index (χ4n) is 4.00. The zero-order chi connectivity index (χ0) is 23.3. The molecule has 0 atom stereocenters. The van der Waals surface area contributed by atoms with Crippen LogP contribution in [-0.2, 0) is 23.1 Å². The van der Waals surface area contributed by atoms with Gasteiger partial charge in [0.05, 0.1) is 11.3 Å². The predicted molar refractivity (Wildman–Crippen MR) is 128 cm³/mol. The van der Waals surface area contributed by atoms with Crippen LogP contribution < -0.4 is 5.32 Å². The van der Waals surface area contributed by atoms with E-state index >= 15 is 0 Å². The Kier molecular flexibility index (Phi) is 7.47. The van der Waals surface area contributed by atoms with Gasteiger partial charge < -0.3 is 9.88 Å². The van der Waals surface area contributed by atoms with Gasteiger partial charge >= 0.3 is 0 Å². The molecule has 0 saturated carbocycles. The first-order valence-corrected chi connectivity index (χ1v) is 12.9. The van der Waals surface area contributed by atoms with Gasteiger partial charge in [-0.3, -0.25) is 4.79 Å². The lowest BCUT2D eigenvalue weighted by atomic mass is 10.1. The van der Waals surface area contributed by atoms with Crippen LogP contribution in [0.1, 0.15) is 47.2 Å².